The lowest BCUT2D eigenvalue weighted by Crippen LogP contribution is -2.01. The lowest BCUT2D eigenvalue weighted by molar-refractivity contribution is 0.669. The maximum Gasteiger partial charge on any atom is 0.164 e. The highest BCUT2D eigenvalue weighted by molar-refractivity contribution is 6.14. The monoisotopic (exact) mass is 641 g/mol. The first-order valence-corrected chi connectivity index (χ1v) is 16.6. The molecule has 0 N–H and O–H groups in total. The topological polar surface area (TPSA) is 65.0 Å². The molecule has 5 nitrogen and oxygen atoms in total. The van der Waals surface area contributed by atoms with Crippen LogP contribution >= 0.6 is 0 Å². The van der Waals surface area contributed by atoms with Gasteiger partial charge in [-0.1, -0.05) is 133 Å². The van der Waals surface area contributed by atoms with Crippen molar-refractivity contribution in [2.45, 2.75) is 0 Å². The molecule has 0 atom stereocenters. The molecule has 10 aromatic rings. The van der Waals surface area contributed by atoms with Gasteiger partial charge in [0.25, 0.3) is 0 Å². The summed E-state index contributed by atoms with van der Waals surface area (Å²) < 4.78 is 12.9. The lowest BCUT2D eigenvalue weighted by atomic mass is 9.91. The predicted molar refractivity (Wildman–Crippen MR) is 202 cm³/mol. The minimum atomic E-state index is 0.589. The van der Waals surface area contributed by atoms with Crippen LogP contribution in [0.1, 0.15) is 0 Å². The summed E-state index contributed by atoms with van der Waals surface area (Å²) >= 11 is 0. The highest BCUT2D eigenvalue weighted by Crippen LogP contribution is 2.43. The van der Waals surface area contributed by atoms with Gasteiger partial charge in [-0.3, -0.25) is 0 Å². The molecule has 0 radical (unpaired) electrons. The number of para-hydroxylation sites is 3. The molecule has 234 valence electrons. The first-order chi connectivity index (χ1) is 24.8. The Morgan fingerprint density at radius 2 is 0.880 bits per heavy atom. The number of benzene rings is 7. The summed E-state index contributed by atoms with van der Waals surface area (Å²) in [5.74, 6) is 1.82. The van der Waals surface area contributed by atoms with E-state index in [2.05, 4.69) is 72.8 Å². The standard InChI is InChI=1S/C45H27N3O2/c1-3-13-28(14-4-1)43-46-44(29-15-5-2-6-16-29)48-45(47-43)35-26-25-30(31-19-11-21-34-32-17-7-9-22-38(32)50-42(31)34)27-37(35)33-20-12-24-40-41(33)36-18-8-10-23-39(36)49-40/h1-27H. The molecule has 7 aromatic carbocycles. The molecule has 0 unspecified atom stereocenters. The Bertz CT molecular complexity index is 2810. The fraction of sp³-hybridized carbons (Fsp3) is 0. The molecule has 0 spiro atoms. The molecule has 0 aliphatic carbocycles. The average Bonchev–Trinajstić information content (AvgIpc) is 3.77. The largest absolute Gasteiger partial charge is 0.456 e. The number of hydrogen-bond acceptors (Lipinski definition) is 5. The van der Waals surface area contributed by atoms with Crippen LogP contribution in [0.15, 0.2) is 173 Å². The third-order valence-electron chi connectivity index (χ3n) is 9.37. The number of hydrogen-bond donors (Lipinski definition) is 0. The molecular weight excluding hydrogens is 615 g/mol. The van der Waals surface area contributed by atoms with Crippen LogP contribution in [0.4, 0.5) is 0 Å². The fourth-order valence-corrected chi connectivity index (χ4v) is 7.03. The fourth-order valence-electron chi connectivity index (χ4n) is 7.03. The highest BCUT2D eigenvalue weighted by atomic mass is 16.3. The Balaban J connectivity index is 1.27. The summed E-state index contributed by atoms with van der Waals surface area (Å²) in [6, 6.07) is 55.6. The van der Waals surface area contributed by atoms with Crippen LogP contribution in [0, 0.1) is 0 Å². The van der Waals surface area contributed by atoms with Crippen LogP contribution < -0.4 is 0 Å². The molecule has 0 bridgehead atoms. The van der Waals surface area contributed by atoms with E-state index >= 15 is 0 Å². The van der Waals surface area contributed by atoms with Crippen molar-refractivity contribution in [1.29, 1.82) is 0 Å². The van der Waals surface area contributed by atoms with Crippen LogP contribution in [-0.2, 0) is 0 Å². The van der Waals surface area contributed by atoms with Crippen molar-refractivity contribution >= 4 is 43.9 Å². The van der Waals surface area contributed by atoms with Gasteiger partial charge < -0.3 is 8.83 Å². The molecule has 0 aliphatic rings. The molecule has 0 saturated carbocycles. The molecule has 5 heteroatoms. The van der Waals surface area contributed by atoms with E-state index in [9.17, 15) is 0 Å². The second-order valence-corrected chi connectivity index (χ2v) is 12.4. The SMILES string of the molecule is c1ccc(-c2nc(-c3ccccc3)nc(-c3ccc(-c4cccc5c4oc4ccccc45)cc3-c3cccc4oc5ccccc5c34)n2)cc1. The molecule has 0 aliphatic heterocycles. The van der Waals surface area contributed by atoms with E-state index in [-0.39, 0.29) is 0 Å². The Morgan fingerprint density at radius 1 is 0.320 bits per heavy atom. The van der Waals surface area contributed by atoms with Crippen molar-refractivity contribution in [3.8, 4) is 56.4 Å². The molecule has 3 aromatic heterocycles. The van der Waals surface area contributed by atoms with Crippen molar-refractivity contribution in [3.63, 3.8) is 0 Å². The summed E-state index contributed by atoms with van der Waals surface area (Å²) in [6.07, 6.45) is 0. The number of rotatable bonds is 5. The summed E-state index contributed by atoms with van der Waals surface area (Å²) in [4.78, 5) is 15.2. The van der Waals surface area contributed by atoms with Gasteiger partial charge in [-0.25, -0.2) is 15.0 Å². The van der Waals surface area contributed by atoms with E-state index in [4.69, 9.17) is 23.8 Å². The van der Waals surface area contributed by atoms with Gasteiger partial charge in [0.05, 0.1) is 0 Å². The van der Waals surface area contributed by atoms with Gasteiger partial charge in [0.2, 0.25) is 0 Å². The van der Waals surface area contributed by atoms with Gasteiger partial charge in [-0.15, -0.1) is 0 Å². The summed E-state index contributed by atoms with van der Waals surface area (Å²) in [6.45, 7) is 0. The van der Waals surface area contributed by atoms with E-state index in [1.807, 2.05) is 91.0 Å². The Hall–Kier alpha value is -6.85. The molecule has 0 fully saturated rings. The number of nitrogens with zero attached hydrogens (tertiary/aromatic N) is 3. The van der Waals surface area contributed by atoms with E-state index in [0.717, 1.165) is 82.8 Å². The maximum atomic E-state index is 6.50. The second kappa shape index (κ2) is 11.4. The number of fused-ring (bicyclic) bond motifs is 6. The number of aromatic nitrogens is 3. The normalized spacial score (nSPS) is 11.6. The first kappa shape index (κ1) is 28.2. The van der Waals surface area contributed by atoms with E-state index in [1.54, 1.807) is 0 Å². The predicted octanol–water partition coefficient (Wildman–Crippen LogP) is 12.0. The van der Waals surface area contributed by atoms with Crippen LogP contribution in [0.2, 0.25) is 0 Å². The van der Waals surface area contributed by atoms with Crippen LogP contribution in [0.25, 0.3) is 100 Å². The Morgan fingerprint density at radius 3 is 1.62 bits per heavy atom. The van der Waals surface area contributed by atoms with Crippen molar-refractivity contribution in [1.82, 2.24) is 15.0 Å². The zero-order valence-electron chi connectivity index (χ0n) is 26.7. The average molecular weight is 642 g/mol. The first-order valence-electron chi connectivity index (χ1n) is 16.6. The minimum absolute atomic E-state index is 0.589. The van der Waals surface area contributed by atoms with Gasteiger partial charge in [0.15, 0.2) is 17.5 Å². The zero-order chi connectivity index (χ0) is 33.0. The molecule has 0 amide bonds. The van der Waals surface area contributed by atoms with Gasteiger partial charge >= 0.3 is 0 Å². The van der Waals surface area contributed by atoms with Crippen molar-refractivity contribution in [3.05, 3.63) is 164 Å². The lowest BCUT2D eigenvalue weighted by Gasteiger charge is -2.15. The highest BCUT2D eigenvalue weighted by Gasteiger charge is 2.21. The summed E-state index contributed by atoms with van der Waals surface area (Å²) in [5, 5.41) is 4.29. The van der Waals surface area contributed by atoms with Crippen LogP contribution in [-0.4, -0.2) is 15.0 Å². The van der Waals surface area contributed by atoms with Gasteiger partial charge in [-0.05, 0) is 47.0 Å². The summed E-state index contributed by atoms with van der Waals surface area (Å²) in [5.41, 5.74) is 10.2. The number of furan rings is 2. The molecular formula is C45H27N3O2. The van der Waals surface area contributed by atoms with E-state index in [0.29, 0.717) is 17.5 Å². The van der Waals surface area contributed by atoms with Crippen molar-refractivity contribution in [2.75, 3.05) is 0 Å². The van der Waals surface area contributed by atoms with E-state index in [1.165, 1.54) is 0 Å². The molecule has 50 heavy (non-hydrogen) atoms. The van der Waals surface area contributed by atoms with Crippen LogP contribution in [0.3, 0.4) is 0 Å². The quantitative estimate of drug-likeness (QED) is 0.187. The zero-order valence-corrected chi connectivity index (χ0v) is 26.7. The Kier molecular flexibility index (Phi) is 6.42. The smallest absolute Gasteiger partial charge is 0.164 e. The summed E-state index contributed by atoms with van der Waals surface area (Å²) in [7, 11) is 0. The molecule has 10 rings (SSSR count). The third kappa shape index (κ3) is 4.60. The molecule has 0 saturated heterocycles. The Labute approximate surface area is 287 Å². The second-order valence-electron chi connectivity index (χ2n) is 12.4. The van der Waals surface area contributed by atoms with Gasteiger partial charge in [-0.2, -0.15) is 0 Å². The maximum absolute atomic E-state index is 6.50. The van der Waals surface area contributed by atoms with Gasteiger partial charge in [0.1, 0.15) is 22.3 Å². The third-order valence-corrected chi connectivity index (χ3v) is 9.37. The van der Waals surface area contributed by atoms with E-state index < -0.39 is 0 Å². The van der Waals surface area contributed by atoms with Crippen molar-refractivity contribution < 1.29 is 8.83 Å². The van der Waals surface area contributed by atoms with Crippen LogP contribution in [0.5, 0.6) is 0 Å². The van der Waals surface area contributed by atoms with Crippen molar-refractivity contribution in [2.24, 2.45) is 0 Å². The van der Waals surface area contributed by atoms with Gasteiger partial charge in [0, 0.05) is 43.8 Å². The molecule has 3 heterocycles. The minimum Gasteiger partial charge on any atom is -0.456 e.